The second-order valence-electron chi connectivity index (χ2n) is 12.6. The number of hydrogen-bond donors (Lipinski definition) is 0. The third-order valence-electron chi connectivity index (χ3n) is 10.8. The number of carbonyl (C=O) groups excluding carboxylic acids is 2. The van der Waals surface area contributed by atoms with Crippen LogP contribution in [-0.2, 0) is 15.0 Å². The Kier molecular flexibility index (Phi) is 4.84. The van der Waals surface area contributed by atoms with Gasteiger partial charge in [0, 0.05) is 5.92 Å². The molecule has 0 radical (unpaired) electrons. The smallest absolute Gasteiger partial charge is 0.239 e. The molecule has 0 unspecified atom stereocenters. The fraction of sp³-hybridized carbons (Fsp3) is 0.0952. The van der Waals surface area contributed by atoms with Gasteiger partial charge in [-0.1, -0.05) is 133 Å². The van der Waals surface area contributed by atoms with Gasteiger partial charge in [0.25, 0.3) is 0 Å². The molecule has 45 heavy (non-hydrogen) atoms. The van der Waals surface area contributed by atoms with Crippen molar-refractivity contribution < 1.29 is 9.59 Å². The lowest BCUT2D eigenvalue weighted by atomic mass is 9.46. The van der Waals surface area contributed by atoms with E-state index in [2.05, 4.69) is 103 Å². The van der Waals surface area contributed by atoms with Crippen LogP contribution in [0.1, 0.15) is 33.7 Å². The van der Waals surface area contributed by atoms with Gasteiger partial charge in [-0.25, -0.2) is 4.90 Å². The van der Waals surface area contributed by atoms with Crippen LogP contribution in [0, 0.1) is 11.8 Å². The summed E-state index contributed by atoms with van der Waals surface area (Å²) in [6.07, 6.45) is 0. The highest BCUT2D eigenvalue weighted by Crippen LogP contribution is 2.73. The van der Waals surface area contributed by atoms with E-state index in [1.807, 2.05) is 42.5 Å². The van der Waals surface area contributed by atoms with Gasteiger partial charge in [-0.05, 0) is 73.3 Å². The minimum absolute atomic E-state index is 0.0972. The van der Waals surface area contributed by atoms with Crippen molar-refractivity contribution in [2.45, 2.75) is 11.3 Å². The second kappa shape index (κ2) is 8.77. The Hall–Kier alpha value is -5.54. The van der Waals surface area contributed by atoms with Crippen molar-refractivity contribution >= 4 is 17.5 Å². The van der Waals surface area contributed by atoms with Crippen molar-refractivity contribution in [2.75, 3.05) is 4.90 Å². The van der Waals surface area contributed by atoms with E-state index in [0.717, 1.165) is 38.9 Å². The van der Waals surface area contributed by atoms with Crippen LogP contribution in [0.15, 0.2) is 146 Å². The van der Waals surface area contributed by atoms with Gasteiger partial charge in [-0.2, -0.15) is 0 Å². The lowest BCUT2D eigenvalue weighted by Gasteiger charge is -2.53. The number of hydrogen-bond acceptors (Lipinski definition) is 2. The molecule has 1 saturated heterocycles. The molecule has 3 nitrogen and oxygen atoms in total. The molecule has 5 aliphatic rings. The van der Waals surface area contributed by atoms with Crippen LogP contribution in [-0.4, -0.2) is 11.8 Å². The SMILES string of the molecule is O=C1[C@@H]2[C@H]3c4ccccc4[C@]4(c5c(cccc53)-c3c(-c5ccccc5)ccc(-c5ccccc5)c34)[C@@H]2C(=O)N1c1ccccc1. The normalized spacial score (nSPS) is 23.0. The molecule has 6 aromatic rings. The zero-order chi connectivity index (χ0) is 29.9. The van der Waals surface area contributed by atoms with Crippen LogP contribution in [0.4, 0.5) is 5.69 Å². The topological polar surface area (TPSA) is 37.4 Å². The molecule has 11 rings (SSSR count). The van der Waals surface area contributed by atoms with Crippen LogP contribution in [0.3, 0.4) is 0 Å². The van der Waals surface area contributed by atoms with Crippen molar-refractivity contribution in [3.8, 4) is 33.4 Å². The first-order chi connectivity index (χ1) is 22.2. The van der Waals surface area contributed by atoms with E-state index in [1.165, 1.54) is 27.2 Å². The minimum Gasteiger partial charge on any atom is -0.274 e. The lowest BCUT2D eigenvalue weighted by Crippen LogP contribution is -2.53. The standard InChI is InChI=1S/C42H27NO2/c44-40-36-34-30-19-10-11-22-33(30)42(39(36)41(45)43(40)27-17-8-3-9-18-27)37-31(34)20-12-21-32(37)35-28(25-13-4-1-5-14-25)23-24-29(38(35)42)26-15-6-2-7-16-26/h1-24,34,36,39H/t34-,36+,39-,42+/m0/s1. The molecule has 3 heteroatoms. The van der Waals surface area contributed by atoms with Gasteiger partial charge >= 0.3 is 0 Å². The average molecular weight is 578 g/mol. The first kappa shape index (κ1) is 24.9. The summed E-state index contributed by atoms with van der Waals surface area (Å²) in [6.45, 7) is 0. The maximum absolute atomic E-state index is 15.1. The van der Waals surface area contributed by atoms with Crippen molar-refractivity contribution in [3.63, 3.8) is 0 Å². The molecular weight excluding hydrogens is 550 g/mol. The average Bonchev–Trinajstić information content (AvgIpc) is 3.56. The summed E-state index contributed by atoms with van der Waals surface area (Å²) in [5.41, 5.74) is 12.5. The Morgan fingerprint density at radius 3 is 1.82 bits per heavy atom. The number of nitrogens with zero attached hydrogens (tertiary/aromatic N) is 1. The summed E-state index contributed by atoms with van der Waals surface area (Å²) in [4.78, 5) is 31.2. The van der Waals surface area contributed by atoms with Crippen LogP contribution >= 0.6 is 0 Å². The summed E-state index contributed by atoms with van der Waals surface area (Å²) in [6, 6.07) is 50.2. The molecule has 1 aliphatic heterocycles. The number of para-hydroxylation sites is 1. The molecule has 6 aromatic carbocycles. The number of imide groups is 1. The van der Waals surface area contributed by atoms with Crippen molar-refractivity contribution in [3.05, 3.63) is 173 Å². The first-order valence-corrected chi connectivity index (χ1v) is 15.7. The molecule has 1 spiro atoms. The van der Waals surface area contributed by atoms with Crippen molar-refractivity contribution in [1.29, 1.82) is 0 Å². The fourth-order valence-electron chi connectivity index (χ4n) is 9.36. The highest BCUT2D eigenvalue weighted by atomic mass is 16.2. The Bertz CT molecular complexity index is 2220. The third kappa shape index (κ3) is 2.91. The summed E-state index contributed by atoms with van der Waals surface area (Å²) in [5.74, 6) is -1.45. The molecule has 2 bridgehead atoms. The Morgan fingerprint density at radius 2 is 1.09 bits per heavy atom. The maximum Gasteiger partial charge on any atom is 0.239 e. The molecule has 1 heterocycles. The predicted octanol–water partition coefficient (Wildman–Crippen LogP) is 8.60. The lowest BCUT2D eigenvalue weighted by molar-refractivity contribution is -0.122. The largest absolute Gasteiger partial charge is 0.274 e. The van der Waals surface area contributed by atoms with E-state index in [-0.39, 0.29) is 17.7 Å². The van der Waals surface area contributed by atoms with Gasteiger partial charge in [0.2, 0.25) is 11.8 Å². The van der Waals surface area contributed by atoms with Crippen molar-refractivity contribution in [2.24, 2.45) is 11.8 Å². The molecular formula is C42H27NO2. The van der Waals surface area contributed by atoms with E-state index in [0.29, 0.717) is 5.69 Å². The monoisotopic (exact) mass is 577 g/mol. The first-order valence-electron chi connectivity index (χ1n) is 15.7. The molecule has 0 saturated carbocycles. The molecule has 4 atom stereocenters. The minimum atomic E-state index is -0.816. The summed E-state index contributed by atoms with van der Waals surface area (Å²) >= 11 is 0. The molecule has 0 N–H and O–H groups in total. The van der Waals surface area contributed by atoms with Gasteiger partial charge in [0.1, 0.15) is 0 Å². The van der Waals surface area contributed by atoms with Crippen LogP contribution in [0.2, 0.25) is 0 Å². The van der Waals surface area contributed by atoms with Crippen molar-refractivity contribution in [1.82, 2.24) is 0 Å². The summed E-state index contributed by atoms with van der Waals surface area (Å²) < 4.78 is 0. The molecule has 4 aliphatic carbocycles. The number of carbonyl (C=O) groups is 2. The van der Waals surface area contributed by atoms with Crippen LogP contribution in [0.5, 0.6) is 0 Å². The predicted molar refractivity (Wildman–Crippen MR) is 177 cm³/mol. The summed E-state index contributed by atoms with van der Waals surface area (Å²) in [5, 5.41) is 0. The number of rotatable bonds is 3. The van der Waals surface area contributed by atoms with E-state index in [1.54, 1.807) is 0 Å². The Morgan fingerprint density at radius 1 is 0.489 bits per heavy atom. The Balaban J connectivity index is 1.39. The second-order valence-corrected chi connectivity index (χ2v) is 12.6. The van der Waals surface area contributed by atoms with Gasteiger partial charge in [-0.3, -0.25) is 9.59 Å². The quantitative estimate of drug-likeness (QED) is 0.198. The third-order valence-corrected chi connectivity index (χ3v) is 10.8. The highest BCUT2D eigenvalue weighted by molar-refractivity contribution is 6.25. The van der Waals surface area contributed by atoms with Crippen LogP contribution in [0.25, 0.3) is 33.4 Å². The van der Waals surface area contributed by atoms with Gasteiger partial charge in [-0.15, -0.1) is 0 Å². The Labute approximate surface area is 261 Å². The van der Waals surface area contributed by atoms with E-state index >= 15 is 4.79 Å². The maximum atomic E-state index is 15.1. The molecule has 212 valence electrons. The highest BCUT2D eigenvalue weighted by Gasteiger charge is 2.71. The van der Waals surface area contributed by atoms with E-state index in [4.69, 9.17) is 0 Å². The molecule has 1 fully saturated rings. The van der Waals surface area contributed by atoms with Gasteiger partial charge < -0.3 is 0 Å². The molecule has 0 aromatic heterocycles. The number of benzene rings is 6. The number of fused-ring (bicyclic) bond motifs is 2. The number of anilines is 1. The van der Waals surface area contributed by atoms with Gasteiger partial charge in [0.05, 0.1) is 22.9 Å². The summed E-state index contributed by atoms with van der Waals surface area (Å²) in [7, 11) is 0. The van der Waals surface area contributed by atoms with E-state index in [9.17, 15) is 4.79 Å². The fourth-order valence-corrected chi connectivity index (χ4v) is 9.36. The zero-order valence-corrected chi connectivity index (χ0v) is 24.4. The van der Waals surface area contributed by atoms with Crippen LogP contribution < -0.4 is 4.90 Å². The zero-order valence-electron chi connectivity index (χ0n) is 24.4. The molecule has 2 amide bonds. The number of amides is 2. The van der Waals surface area contributed by atoms with E-state index < -0.39 is 17.3 Å². The van der Waals surface area contributed by atoms with Gasteiger partial charge in [0.15, 0.2) is 0 Å².